The van der Waals surface area contributed by atoms with E-state index >= 15 is 0 Å². The van der Waals surface area contributed by atoms with Gasteiger partial charge in [-0.2, -0.15) is 0 Å². The molecule has 8 nitrogen and oxygen atoms in total. The Morgan fingerprint density at radius 2 is 1.64 bits per heavy atom. The number of hydrogen-bond donors (Lipinski definition) is 1. The normalized spacial score (nSPS) is 14.2. The summed E-state index contributed by atoms with van der Waals surface area (Å²) >= 11 is 0. The molecule has 3 aromatic rings. The molecule has 0 aromatic heterocycles. The summed E-state index contributed by atoms with van der Waals surface area (Å²) in [6.45, 7) is 4.82. The van der Waals surface area contributed by atoms with E-state index < -0.39 is 16.1 Å². The third-order valence-electron chi connectivity index (χ3n) is 8.00. The minimum absolute atomic E-state index is 0.0941. The molecule has 1 atom stereocenters. The third-order valence-corrected chi connectivity index (χ3v) is 9.19. The van der Waals surface area contributed by atoms with Crippen LogP contribution in [0, 0.1) is 6.92 Å². The second kappa shape index (κ2) is 15.7. The molecule has 0 spiro atoms. The fraction of sp³-hybridized carbons (Fsp3) is 0.429. The lowest BCUT2D eigenvalue weighted by molar-refractivity contribution is -0.141. The van der Waals surface area contributed by atoms with Crippen molar-refractivity contribution in [2.45, 2.75) is 77.4 Å². The number of aryl methyl sites for hydroxylation is 1. The van der Waals surface area contributed by atoms with Gasteiger partial charge in [0.25, 0.3) is 0 Å². The van der Waals surface area contributed by atoms with Crippen LogP contribution in [0.4, 0.5) is 5.69 Å². The lowest BCUT2D eigenvalue weighted by Crippen LogP contribution is -2.52. The maximum atomic E-state index is 14.1. The van der Waals surface area contributed by atoms with Crippen molar-refractivity contribution >= 4 is 27.5 Å². The Kier molecular flexibility index (Phi) is 11.8. The highest BCUT2D eigenvalue weighted by molar-refractivity contribution is 7.92. The Balaban J connectivity index is 1.57. The summed E-state index contributed by atoms with van der Waals surface area (Å²) in [6.07, 6.45) is 6.02. The molecule has 1 fully saturated rings. The number of amides is 2. The minimum atomic E-state index is -3.60. The molecule has 0 bridgehead atoms. The number of nitrogens with zero attached hydrogens (tertiary/aromatic N) is 2. The lowest BCUT2D eigenvalue weighted by atomic mass is 10.0. The van der Waals surface area contributed by atoms with Gasteiger partial charge in [-0.15, -0.1) is 0 Å². The number of carbonyl (C=O) groups is 2. The molecular weight excluding hydrogens is 574 g/mol. The number of rotatable bonds is 15. The largest absolute Gasteiger partial charge is 0.494 e. The van der Waals surface area contributed by atoms with E-state index in [0.29, 0.717) is 30.9 Å². The van der Waals surface area contributed by atoms with Crippen LogP contribution in [-0.2, 0) is 32.6 Å². The lowest BCUT2D eigenvalue weighted by Gasteiger charge is -2.33. The summed E-state index contributed by atoms with van der Waals surface area (Å²) in [5.74, 6) is 0.329. The van der Waals surface area contributed by atoms with E-state index in [9.17, 15) is 18.0 Å². The highest BCUT2D eigenvalue weighted by atomic mass is 32.2. The van der Waals surface area contributed by atoms with Gasteiger partial charge in [0.15, 0.2) is 0 Å². The Morgan fingerprint density at radius 1 is 0.955 bits per heavy atom. The van der Waals surface area contributed by atoms with Crippen LogP contribution >= 0.6 is 0 Å². The molecule has 1 saturated carbocycles. The van der Waals surface area contributed by atoms with E-state index in [4.69, 9.17) is 4.74 Å². The fourth-order valence-corrected chi connectivity index (χ4v) is 6.77. The van der Waals surface area contributed by atoms with Crippen LogP contribution < -0.4 is 14.4 Å². The third kappa shape index (κ3) is 9.58. The number of hydrogen-bond acceptors (Lipinski definition) is 5. The number of nitrogens with one attached hydrogen (secondary N) is 1. The SMILES string of the molecule is CCOc1ccc(N(CCCC(=O)N(Cc2cccc(C)c2)[C@@H](Cc2ccccc2)C(=O)NC2CCCC2)S(C)(=O)=O)cc1. The van der Waals surface area contributed by atoms with Gasteiger partial charge in [0.2, 0.25) is 21.8 Å². The molecule has 0 aliphatic heterocycles. The predicted molar refractivity (Wildman–Crippen MR) is 175 cm³/mol. The molecular formula is C35H45N3O5S. The van der Waals surface area contributed by atoms with Crippen LogP contribution in [0.5, 0.6) is 5.75 Å². The van der Waals surface area contributed by atoms with Crippen LogP contribution in [0.3, 0.4) is 0 Å². The summed E-state index contributed by atoms with van der Waals surface area (Å²) < 4.78 is 32.3. The summed E-state index contributed by atoms with van der Waals surface area (Å²) in [5.41, 5.74) is 3.50. The van der Waals surface area contributed by atoms with Gasteiger partial charge in [-0.05, 0) is 68.5 Å². The van der Waals surface area contributed by atoms with Crippen molar-refractivity contribution in [2.75, 3.05) is 23.7 Å². The summed E-state index contributed by atoms with van der Waals surface area (Å²) in [7, 11) is -3.60. The molecule has 3 aromatic carbocycles. The van der Waals surface area contributed by atoms with Crippen LogP contribution in [-0.4, -0.2) is 56.6 Å². The average Bonchev–Trinajstić information content (AvgIpc) is 3.51. The smallest absolute Gasteiger partial charge is 0.243 e. The number of sulfonamides is 1. The second-order valence-electron chi connectivity index (χ2n) is 11.6. The molecule has 236 valence electrons. The van der Waals surface area contributed by atoms with Crippen molar-refractivity contribution in [2.24, 2.45) is 0 Å². The van der Waals surface area contributed by atoms with Crippen LogP contribution in [0.2, 0.25) is 0 Å². The van der Waals surface area contributed by atoms with Gasteiger partial charge in [-0.1, -0.05) is 73.0 Å². The van der Waals surface area contributed by atoms with E-state index in [2.05, 4.69) is 5.32 Å². The average molecular weight is 620 g/mol. The maximum absolute atomic E-state index is 14.1. The van der Waals surface area contributed by atoms with Crippen molar-refractivity contribution in [3.63, 3.8) is 0 Å². The predicted octanol–water partition coefficient (Wildman–Crippen LogP) is 5.64. The topological polar surface area (TPSA) is 96.0 Å². The zero-order chi connectivity index (χ0) is 31.5. The van der Waals surface area contributed by atoms with Gasteiger partial charge < -0.3 is 15.0 Å². The van der Waals surface area contributed by atoms with E-state index in [0.717, 1.165) is 42.4 Å². The van der Waals surface area contributed by atoms with Gasteiger partial charge in [0, 0.05) is 32.0 Å². The Labute approximate surface area is 262 Å². The first kappa shape index (κ1) is 33.1. The van der Waals surface area contributed by atoms with Crippen LogP contribution in [0.15, 0.2) is 78.9 Å². The van der Waals surface area contributed by atoms with Gasteiger partial charge in [-0.25, -0.2) is 8.42 Å². The maximum Gasteiger partial charge on any atom is 0.243 e. The highest BCUT2D eigenvalue weighted by Crippen LogP contribution is 2.24. The standard InChI is InChI=1S/C35H45N3O5S/c1-4-43-32-21-19-31(20-22-32)38(44(3,41)42)23-11-18-34(39)37(26-29-15-10-12-27(2)24-29)33(25-28-13-6-5-7-14-28)35(40)36-30-16-8-9-17-30/h5-7,10,12-15,19-22,24,30,33H,4,8-9,11,16-18,23,25-26H2,1-3H3,(H,36,40)/t33-/m0/s1. The van der Waals surface area contributed by atoms with Crippen LogP contribution in [0.25, 0.3) is 0 Å². The molecule has 1 N–H and O–H groups in total. The highest BCUT2D eigenvalue weighted by Gasteiger charge is 2.32. The van der Waals surface area contributed by atoms with Crippen molar-refractivity contribution in [1.29, 1.82) is 0 Å². The molecule has 4 rings (SSSR count). The Morgan fingerprint density at radius 3 is 2.27 bits per heavy atom. The second-order valence-corrected chi connectivity index (χ2v) is 13.5. The van der Waals surface area contributed by atoms with Gasteiger partial charge >= 0.3 is 0 Å². The fourth-order valence-electron chi connectivity index (χ4n) is 5.81. The zero-order valence-corrected chi connectivity index (χ0v) is 26.9. The zero-order valence-electron chi connectivity index (χ0n) is 26.1. The molecule has 0 saturated heterocycles. The summed E-state index contributed by atoms with van der Waals surface area (Å²) in [6, 6.07) is 24.0. The molecule has 1 aliphatic rings. The Hall–Kier alpha value is -3.85. The Bertz CT molecular complexity index is 1470. The molecule has 2 amide bonds. The minimum Gasteiger partial charge on any atom is -0.494 e. The van der Waals surface area contributed by atoms with Crippen LogP contribution in [0.1, 0.15) is 62.1 Å². The molecule has 0 unspecified atom stereocenters. The summed E-state index contributed by atoms with van der Waals surface area (Å²) in [5, 5.41) is 3.23. The monoisotopic (exact) mass is 619 g/mol. The van der Waals surface area contributed by atoms with E-state index in [1.807, 2.05) is 68.4 Å². The number of carbonyl (C=O) groups excluding carboxylic acids is 2. The van der Waals surface area contributed by atoms with Crippen molar-refractivity contribution in [3.8, 4) is 5.75 Å². The quantitative estimate of drug-likeness (QED) is 0.238. The first-order valence-corrected chi connectivity index (χ1v) is 17.4. The van der Waals surface area contributed by atoms with Gasteiger partial charge in [0.1, 0.15) is 11.8 Å². The molecule has 0 heterocycles. The first-order valence-electron chi connectivity index (χ1n) is 15.5. The number of benzene rings is 3. The molecule has 9 heteroatoms. The number of ether oxygens (including phenoxy) is 1. The van der Waals surface area contributed by atoms with E-state index in [-0.39, 0.29) is 37.4 Å². The van der Waals surface area contributed by atoms with E-state index in [1.165, 1.54) is 10.6 Å². The van der Waals surface area contributed by atoms with E-state index in [1.54, 1.807) is 29.2 Å². The van der Waals surface area contributed by atoms with Gasteiger partial charge in [-0.3, -0.25) is 13.9 Å². The van der Waals surface area contributed by atoms with Crippen molar-refractivity contribution < 1.29 is 22.7 Å². The molecule has 0 radical (unpaired) electrons. The van der Waals surface area contributed by atoms with Crippen molar-refractivity contribution in [3.05, 3.63) is 95.6 Å². The molecule has 44 heavy (non-hydrogen) atoms. The first-order chi connectivity index (χ1) is 21.1. The molecule has 1 aliphatic carbocycles. The van der Waals surface area contributed by atoms with Crippen molar-refractivity contribution in [1.82, 2.24) is 10.2 Å². The van der Waals surface area contributed by atoms with Gasteiger partial charge in [0.05, 0.1) is 18.6 Å². The number of anilines is 1. The summed E-state index contributed by atoms with van der Waals surface area (Å²) in [4.78, 5) is 29.6.